The molecule has 0 spiro atoms. The quantitative estimate of drug-likeness (QED) is 0.649. The van der Waals surface area contributed by atoms with Crippen LogP contribution in [-0.4, -0.2) is 11.5 Å². The molecule has 0 aromatic carbocycles. The van der Waals surface area contributed by atoms with Crippen molar-refractivity contribution < 1.29 is 4.79 Å². The maximum absolute atomic E-state index is 11.2. The van der Waals surface area contributed by atoms with Gasteiger partial charge in [0.25, 0.3) is 0 Å². The summed E-state index contributed by atoms with van der Waals surface area (Å²) in [5.74, 6) is 0.239. The average Bonchev–Trinajstić information content (AvgIpc) is 2.04. The first kappa shape index (κ1) is 8.44. The zero-order chi connectivity index (χ0) is 8.27. The van der Waals surface area contributed by atoms with Crippen LogP contribution in [-0.2, 0) is 4.79 Å². The van der Waals surface area contributed by atoms with Crippen LogP contribution in [0, 0.1) is 11.3 Å². The zero-order valence-electron chi connectivity index (χ0n) is 7.02. The Morgan fingerprint density at radius 3 is 2.91 bits per heavy atom. The standard InChI is InChI=1S/C9H15NO/c1-2-9(11)7-5-3-4-6-8(7)10/h7,10H,2-6H2,1H3. The van der Waals surface area contributed by atoms with Gasteiger partial charge in [0, 0.05) is 12.1 Å². The summed E-state index contributed by atoms with van der Waals surface area (Å²) in [4.78, 5) is 11.2. The summed E-state index contributed by atoms with van der Waals surface area (Å²) in [5.41, 5.74) is 0.670. The molecular weight excluding hydrogens is 138 g/mol. The van der Waals surface area contributed by atoms with E-state index in [4.69, 9.17) is 5.41 Å². The molecule has 1 N–H and O–H groups in total. The van der Waals surface area contributed by atoms with Gasteiger partial charge in [-0.25, -0.2) is 0 Å². The minimum Gasteiger partial charge on any atom is -0.309 e. The molecule has 2 nitrogen and oxygen atoms in total. The van der Waals surface area contributed by atoms with Gasteiger partial charge in [0.15, 0.2) is 0 Å². The molecule has 1 unspecified atom stereocenters. The van der Waals surface area contributed by atoms with Crippen LogP contribution in [0.4, 0.5) is 0 Å². The lowest BCUT2D eigenvalue weighted by Crippen LogP contribution is -2.25. The monoisotopic (exact) mass is 153 g/mol. The molecule has 1 fully saturated rings. The molecule has 2 heteroatoms. The third-order valence-corrected chi connectivity index (χ3v) is 2.35. The molecule has 1 rings (SSSR count). The first-order valence-electron chi connectivity index (χ1n) is 4.35. The summed E-state index contributed by atoms with van der Waals surface area (Å²) in [5, 5.41) is 7.56. The summed E-state index contributed by atoms with van der Waals surface area (Å²) in [7, 11) is 0. The topological polar surface area (TPSA) is 40.9 Å². The van der Waals surface area contributed by atoms with Crippen LogP contribution in [0.2, 0.25) is 0 Å². The molecule has 1 atom stereocenters. The Morgan fingerprint density at radius 1 is 1.64 bits per heavy atom. The van der Waals surface area contributed by atoms with Gasteiger partial charge in [-0.3, -0.25) is 4.79 Å². The van der Waals surface area contributed by atoms with Crippen molar-refractivity contribution in [2.75, 3.05) is 0 Å². The minimum absolute atomic E-state index is 0.0197. The van der Waals surface area contributed by atoms with E-state index in [9.17, 15) is 4.79 Å². The van der Waals surface area contributed by atoms with Gasteiger partial charge >= 0.3 is 0 Å². The lowest BCUT2D eigenvalue weighted by molar-refractivity contribution is -0.121. The number of Topliss-reactive ketones (excluding diaryl/α,β-unsaturated/α-hetero) is 1. The second-order valence-corrected chi connectivity index (χ2v) is 3.14. The molecule has 1 aliphatic carbocycles. The van der Waals surface area contributed by atoms with Crippen molar-refractivity contribution >= 4 is 11.5 Å². The molecule has 1 aliphatic rings. The van der Waals surface area contributed by atoms with Gasteiger partial charge in [-0.15, -0.1) is 0 Å². The zero-order valence-corrected chi connectivity index (χ0v) is 7.02. The normalized spacial score (nSPS) is 25.2. The van der Waals surface area contributed by atoms with Gasteiger partial charge in [-0.1, -0.05) is 13.3 Å². The Kier molecular flexibility index (Phi) is 2.80. The smallest absolute Gasteiger partial charge is 0.141 e. The first-order chi connectivity index (χ1) is 5.25. The Hall–Kier alpha value is -0.660. The van der Waals surface area contributed by atoms with Crippen LogP contribution in [0.15, 0.2) is 0 Å². The van der Waals surface area contributed by atoms with Crippen LogP contribution in [0.5, 0.6) is 0 Å². The highest BCUT2D eigenvalue weighted by molar-refractivity contribution is 6.03. The fraction of sp³-hybridized carbons (Fsp3) is 0.778. The third-order valence-electron chi connectivity index (χ3n) is 2.35. The van der Waals surface area contributed by atoms with E-state index in [-0.39, 0.29) is 11.7 Å². The van der Waals surface area contributed by atoms with Gasteiger partial charge in [-0.05, 0) is 19.3 Å². The summed E-state index contributed by atoms with van der Waals surface area (Å²) in [6.07, 6.45) is 4.58. The molecule has 62 valence electrons. The van der Waals surface area contributed by atoms with E-state index in [1.807, 2.05) is 6.92 Å². The van der Waals surface area contributed by atoms with Crippen molar-refractivity contribution in [2.24, 2.45) is 5.92 Å². The third kappa shape index (κ3) is 1.88. The van der Waals surface area contributed by atoms with E-state index < -0.39 is 0 Å². The fourth-order valence-electron chi connectivity index (χ4n) is 1.61. The van der Waals surface area contributed by atoms with E-state index in [2.05, 4.69) is 0 Å². The number of rotatable bonds is 2. The molecule has 0 aromatic rings. The molecule has 0 radical (unpaired) electrons. The van der Waals surface area contributed by atoms with Crippen molar-refractivity contribution in [2.45, 2.75) is 39.0 Å². The van der Waals surface area contributed by atoms with Crippen molar-refractivity contribution in [3.63, 3.8) is 0 Å². The van der Waals surface area contributed by atoms with Crippen molar-refractivity contribution in [1.82, 2.24) is 0 Å². The molecule has 1 saturated carbocycles. The second-order valence-electron chi connectivity index (χ2n) is 3.14. The molecule has 11 heavy (non-hydrogen) atoms. The van der Waals surface area contributed by atoms with E-state index >= 15 is 0 Å². The maximum atomic E-state index is 11.2. The molecule has 0 aliphatic heterocycles. The lowest BCUT2D eigenvalue weighted by Gasteiger charge is -2.20. The van der Waals surface area contributed by atoms with Crippen LogP contribution < -0.4 is 0 Å². The van der Waals surface area contributed by atoms with Crippen molar-refractivity contribution in [3.05, 3.63) is 0 Å². The Balaban J connectivity index is 2.54. The van der Waals surface area contributed by atoms with Crippen LogP contribution in [0.3, 0.4) is 0 Å². The lowest BCUT2D eigenvalue weighted by atomic mass is 9.84. The van der Waals surface area contributed by atoms with Crippen molar-refractivity contribution in [3.8, 4) is 0 Å². The van der Waals surface area contributed by atoms with E-state index in [1.165, 1.54) is 0 Å². The fourth-order valence-corrected chi connectivity index (χ4v) is 1.61. The van der Waals surface area contributed by atoms with E-state index in [1.54, 1.807) is 0 Å². The Bertz CT molecular complexity index is 166. The predicted octanol–water partition coefficient (Wildman–Crippen LogP) is 2.18. The molecular formula is C9H15NO. The predicted molar refractivity (Wildman–Crippen MR) is 45.0 cm³/mol. The molecule has 0 bridgehead atoms. The first-order valence-corrected chi connectivity index (χ1v) is 4.35. The van der Waals surface area contributed by atoms with Crippen LogP contribution in [0.25, 0.3) is 0 Å². The molecule has 0 aromatic heterocycles. The Labute approximate surface area is 67.5 Å². The van der Waals surface area contributed by atoms with Crippen LogP contribution >= 0.6 is 0 Å². The summed E-state index contributed by atoms with van der Waals surface area (Å²) < 4.78 is 0. The van der Waals surface area contributed by atoms with Gasteiger partial charge < -0.3 is 5.41 Å². The second kappa shape index (κ2) is 3.65. The van der Waals surface area contributed by atoms with Gasteiger partial charge in [0.2, 0.25) is 0 Å². The number of hydrogen-bond donors (Lipinski definition) is 1. The molecule has 0 saturated heterocycles. The number of hydrogen-bond acceptors (Lipinski definition) is 2. The maximum Gasteiger partial charge on any atom is 0.141 e. The van der Waals surface area contributed by atoms with E-state index in [0.29, 0.717) is 12.1 Å². The van der Waals surface area contributed by atoms with E-state index in [0.717, 1.165) is 25.7 Å². The van der Waals surface area contributed by atoms with Gasteiger partial charge in [0.1, 0.15) is 5.78 Å². The summed E-state index contributed by atoms with van der Waals surface area (Å²) >= 11 is 0. The largest absolute Gasteiger partial charge is 0.309 e. The number of ketones is 1. The SMILES string of the molecule is CCC(=O)C1CCCCC1=N. The summed E-state index contributed by atoms with van der Waals surface area (Å²) in [6.45, 7) is 1.88. The summed E-state index contributed by atoms with van der Waals surface area (Å²) in [6, 6.07) is 0. The molecule has 0 amide bonds. The minimum atomic E-state index is -0.0197. The van der Waals surface area contributed by atoms with Gasteiger partial charge in [-0.2, -0.15) is 0 Å². The van der Waals surface area contributed by atoms with Gasteiger partial charge in [0.05, 0.1) is 5.92 Å². The Morgan fingerprint density at radius 2 is 2.36 bits per heavy atom. The highest BCUT2D eigenvalue weighted by Crippen LogP contribution is 2.22. The van der Waals surface area contributed by atoms with Crippen LogP contribution in [0.1, 0.15) is 39.0 Å². The van der Waals surface area contributed by atoms with Crippen molar-refractivity contribution in [1.29, 1.82) is 5.41 Å². The highest BCUT2D eigenvalue weighted by atomic mass is 16.1. The average molecular weight is 153 g/mol. The number of carbonyl (C=O) groups is 1. The highest BCUT2D eigenvalue weighted by Gasteiger charge is 2.23. The number of nitrogens with one attached hydrogen (secondary N) is 1. The number of carbonyl (C=O) groups excluding carboxylic acids is 1. The molecule has 0 heterocycles.